The Balaban J connectivity index is 1.38. The highest BCUT2D eigenvalue weighted by molar-refractivity contribution is 5.94. The van der Waals surface area contributed by atoms with Crippen LogP contribution < -0.4 is 10.2 Å². The Bertz CT molecular complexity index is 834. The maximum atomic E-state index is 12.3. The Morgan fingerprint density at radius 1 is 1.16 bits per heavy atom. The fourth-order valence-corrected chi connectivity index (χ4v) is 2.89. The molecule has 128 valence electrons. The second-order valence-corrected chi connectivity index (χ2v) is 5.94. The van der Waals surface area contributed by atoms with Gasteiger partial charge in [0.25, 0.3) is 5.91 Å². The Morgan fingerprint density at radius 3 is 2.76 bits per heavy atom. The number of aromatic nitrogens is 1. The molecule has 0 bridgehead atoms. The van der Waals surface area contributed by atoms with Crippen LogP contribution in [0.5, 0.6) is 0 Å². The highest BCUT2D eigenvalue weighted by atomic mass is 16.5. The van der Waals surface area contributed by atoms with Gasteiger partial charge in [-0.25, -0.2) is 4.98 Å². The number of furan rings is 1. The van der Waals surface area contributed by atoms with Crippen molar-refractivity contribution in [3.05, 3.63) is 60.0 Å². The van der Waals surface area contributed by atoms with E-state index in [4.69, 9.17) is 9.15 Å². The zero-order valence-electron chi connectivity index (χ0n) is 13.8. The standard InChI is InChI=1S/C19H19N3O3/c23-19(21-13-16-11-14-3-1-2-4-17(14)25-16)15-5-6-18(20-12-15)22-7-9-24-10-8-22/h1-6,11-12H,7-10,13H2,(H,21,23). The Labute approximate surface area is 145 Å². The van der Waals surface area contributed by atoms with Gasteiger partial charge in [0.15, 0.2) is 0 Å². The van der Waals surface area contributed by atoms with Crippen LogP contribution in [0.1, 0.15) is 16.1 Å². The van der Waals surface area contributed by atoms with Crippen molar-refractivity contribution in [2.75, 3.05) is 31.2 Å². The van der Waals surface area contributed by atoms with E-state index in [-0.39, 0.29) is 5.91 Å². The van der Waals surface area contributed by atoms with Crippen LogP contribution in [-0.4, -0.2) is 37.2 Å². The topological polar surface area (TPSA) is 67.6 Å². The smallest absolute Gasteiger partial charge is 0.253 e. The zero-order chi connectivity index (χ0) is 17.1. The van der Waals surface area contributed by atoms with Gasteiger partial charge in [-0.1, -0.05) is 18.2 Å². The lowest BCUT2D eigenvalue weighted by atomic mass is 10.2. The third kappa shape index (κ3) is 3.49. The summed E-state index contributed by atoms with van der Waals surface area (Å²) in [5.74, 6) is 1.44. The van der Waals surface area contributed by atoms with Gasteiger partial charge in [-0.2, -0.15) is 0 Å². The molecule has 0 saturated carbocycles. The predicted molar refractivity (Wildman–Crippen MR) is 94.7 cm³/mol. The maximum absolute atomic E-state index is 12.3. The molecule has 0 atom stereocenters. The van der Waals surface area contributed by atoms with Crippen molar-refractivity contribution in [1.82, 2.24) is 10.3 Å². The number of anilines is 1. The van der Waals surface area contributed by atoms with Crippen LogP contribution in [0, 0.1) is 0 Å². The molecule has 1 aliphatic rings. The van der Waals surface area contributed by atoms with Gasteiger partial charge in [0.05, 0.1) is 25.3 Å². The number of hydrogen-bond donors (Lipinski definition) is 1. The second-order valence-electron chi connectivity index (χ2n) is 5.94. The Hall–Kier alpha value is -2.86. The number of ether oxygens (including phenoxy) is 1. The lowest BCUT2D eigenvalue weighted by Gasteiger charge is -2.27. The van der Waals surface area contributed by atoms with Crippen molar-refractivity contribution < 1.29 is 13.9 Å². The number of pyridine rings is 1. The van der Waals surface area contributed by atoms with Crippen LogP contribution in [0.15, 0.2) is 53.1 Å². The van der Waals surface area contributed by atoms with Crippen molar-refractivity contribution in [3.8, 4) is 0 Å². The number of benzene rings is 1. The summed E-state index contributed by atoms with van der Waals surface area (Å²) in [5.41, 5.74) is 1.36. The van der Waals surface area contributed by atoms with Crippen molar-refractivity contribution in [3.63, 3.8) is 0 Å². The third-order valence-corrected chi connectivity index (χ3v) is 4.24. The van der Waals surface area contributed by atoms with Crippen molar-refractivity contribution in [2.24, 2.45) is 0 Å². The molecule has 6 heteroatoms. The Morgan fingerprint density at radius 2 is 2.00 bits per heavy atom. The summed E-state index contributed by atoms with van der Waals surface area (Å²) in [4.78, 5) is 18.8. The second kappa shape index (κ2) is 6.94. The summed E-state index contributed by atoms with van der Waals surface area (Å²) < 4.78 is 11.0. The van der Waals surface area contributed by atoms with Gasteiger partial charge in [0, 0.05) is 24.7 Å². The minimum Gasteiger partial charge on any atom is -0.459 e. The summed E-state index contributed by atoms with van der Waals surface area (Å²) in [6.07, 6.45) is 1.61. The number of amides is 1. The van der Waals surface area contributed by atoms with Gasteiger partial charge in [0.1, 0.15) is 17.2 Å². The molecule has 1 aromatic carbocycles. The van der Waals surface area contributed by atoms with Gasteiger partial charge < -0.3 is 19.4 Å². The number of carbonyl (C=O) groups excluding carboxylic acids is 1. The molecule has 1 N–H and O–H groups in total. The minimum absolute atomic E-state index is 0.165. The van der Waals surface area contributed by atoms with E-state index < -0.39 is 0 Å². The van der Waals surface area contributed by atoms with Crippen LogP contribution in [0.3, 0.4) is 0 Å². The number of morpholine rings is 1. The first-order valence-corrected chi connectivity index (χ1v) is 8.34. The van der Waals surface area contributed by atoms with Crippen LogP contribution in [0.25, 0.3) is 11.0 Å². The third-order valence-electron chi connectivity index (χ3n) is 4.24. The molecular formula is C19H19N3O3. The van der Waals surface area contributed by atoms with Crippen molar-refractivity contribution in [2.45, 2.75) is 6.54 Å². The van der Waals surface area contributed by atoms with E-state index >= 15 is 0 Å². The van der Waals surface area contributed by atoms with Gasteiger partial charge >= 0.3 is 0 Å². The summed E-state index contributed by atoms with van der Waals surface area (Å²) >= 11 is 0. The SMILES string of the molecule is O=C(NCc1cc2ccccc2o1)c1ccc(N2CCOCC2)nc1. The maximum Gasteiger partial charge on any atom is 0.253 e. The number of nitrogens with one attached hydrogen (secondary N) is 1. The molecule has 1 fully saturated rings. The van der Waals surface area contributed by atoms with Gasteiger partial charge in [-0.05, 0) is 24.3 Å². The number of para-hydroxylation sites is 1. The van der Waals surface area contributed by atoms with Crippen molar-refractivity contribution in [1.29, 1.82) is 0 Å². The molecule has 6 nitrogen and oxygen atoms in total. The van der Waals surface area contributed by atoms with Gasteiger partial charge in [-0.3, -0.25) is 4.79 Å². The monoisotopic (exact) mass is 337 g/mol. The first-order valence-electron chi connectivity index (χ1n) is 8.34. The largest absolute Gasteiger partial charge is 0.459 e. The first-order chi connectivity index (χ1) is 12.3. The van der Waals surface area contributed by atoms with Gasteiger partial charge in [0.2, 0.25) is 0 Å². The van der Waals surface area contributed by atoms with Crippen molar-refractivity contribution >= 4 is 22.7 Å². The van der Waals surface area contributed by atoms with Crippen LogP contribution in [0.4, 0.5) is 5.82 Å². The zero-order valence-corrected chi connectivity index (χ0v) is 13.8. The molecule has 0 spiro atoms. The van der Waals surface area contributed by atoms with E-state index in [1.54, 1.807) is 12.3 Å². The van der Waals surface area contributed by atoms with E-state index in [9.17, 15) is 4.79 Å². The molecule has 0 radical (unpaired) electrons. The molecule has 4 rings (SSSR count). The Kier molecular flexibility index (Phi) is 4.35. The molecule has 1 aliphatic heterocycles. The predicted octanol–water partition coefficient (Wildman–Crippen LogP) is 2.59. The molecular weight excluding hydrogens is 318 g/mol. The molecule has 3 heterocycles. The van der Waals surface area contributed by atoms with Gasteiger partial charge in [-0.15, -0.1) is 0 Å². The number of carbonyl (C=O) groups is 1. The van der Waals surface area contributed by atoms with Crippen LogP contribution in [0.2, 0.25) is 0 Å². The average molecular weight is 337 g/mol. The fraction of sp³-hybridized carbons (Fsp3) is 0.263. The normalized spacial score (nSPS) is 14.6. The summed E-state index contributed by atoms with van der Waals surface area (Å²) in [7, 11) is 0. The van der Waals surface area contributed by atoms with E-state index in [1.165, 1.54) is 0 Å². The molecule has 2 aromatic heterocycles. The molecule has 3 aromatic rings. The molecule has 0 aliphatic carbocycles. The number of fused-ring (bicyclic) bond motifs is 1. The lowest BCUT2D eigenvalue weighted by molar-refractivity contribution is 0.0947. The number of nitrogens with zero attached hydrogens (tertiary/aromatic N) is 2. The van der Waals surface area contributed by atoms with Crippen LogP contribution in [-0.2, 0) is 11.3 Å². The number of rotatable bonds is 4. The molecule has 0 unspecified atom stereocenters. The van der Waals surface area contributed by atoms with E-state index in [2.05, 4.69) is 15.2 Å². The highest BCUT2D eigenvalue weighted by Crippen LogP contribution is 2.18. The highest BCUT2D eigenvalue weighted by Gasteiger charge is 2.13. The average Bonchev–Trinajstić information content (AvgIpc) is 3.10. The fourth-order valence-electron chi connectivity index (χ4n) is 2.89. The summed E-state index contributed by atoms with van der Waals surface area (Å²) in [6, 6.07) is 13.4. The molecule has 1 saturated heterocycles. The van der Waals surface area contributed by atoms with E-state index in [0.717, 1.165) is 35.6 Å². The molecule has 25 heavy (non-hydrogen) atoms. The summed E-state index contributed by atoms with van der Waals surface area (Å²) in [5, 5.41) is 3.90. The molecule has 1 amide bonds. The van der Waals surface area contributed by atoms with E-state index in [1.807, 2.05) is 36.4 Å². The van der Waals surface area contributed by atoms with E-state index in [0.29, 0.717) is 25.3 Å². The minimum atomic E-state index is -0.165. The number of hydrogen-bond acceptors (Lipinski definition) is 5. The van der Waals surface area contributed by atoms with Crippen LogP contribution >= 0.6 is 0 Å². The first kappa shape index (κ1) is 15.7. The lowest BCUT2D eigenvalue weighted by Crippen LogP contribution is -2.36. The quantitative estimate of drug-likeness (QED) is 0.792. The summed E-state index contributed by atoms with van der Waals surface area (Å²) in [6.45, 7) is 3.41.